The lowest BCUT2D eigenvalue weighted by Crippen LogP contribution is -2.19. The fraction of sp³-hybridized carbons (Fsp3) is 0.500. The van der Waals surface area contributed by atoms with E-state index >= 15 is 0 Å². The summed E-state index contributed by atoms with van der Waals surface area (Å²) in [7, 11) is 0. The Balaban J connectivity index is 1.90. The van der Waals surface area contributed by atoms with E-state index in [1.165, 1.54) is 0 Å². The largest absolute Gasteiger partial charge is 0.396 e. The van der Waals surface area contributed by atoms with Gasteiger partial charge in [0.15, 0.2) is 0 Å². The van der Waals surface area contributed by atoms with Gasteiger partial charge < -0.3 is 16.2 Å². The number of aliphatic hydroxyl groups excluding tert-OH is 1. The topological polar surface area (TPSA) is 97.0 Å². The van der Waals surface area contributed by atoms with Gasteiger partial charge >= 0.3 is 0 Å². The van der Waals surface area contributed by atoms with Gasteiger partial charge in [0.2, 0.25) is 5.95 Å². The number of nitrogens with one attached hydrogen (secondary N) is 1. The number of anilines is 2. The molecule has 2 aromatic rings. The molecule has 0 aliphatic heterocycles. The van der Waals surface area contributed by atoms with Crippen molar-refractivity contribution in [3.8, 4) is 11.3 Å². The Morgan fingerprint density at radius 1 is 1.43 bits per heavy atom. The van der Waals surface area contributed by atoms with Gasteiger partial charge in [-0.1, -0.05) is 0 Å². The molecule has 2 atom stereocenters. The maximum Gasteiger partial charge on any atom is 0.222 e. The Morgan fingerprint density at radius 2 is 2.29 bits per heavy atom. The maximum atomic E-state index is 9.26. The smallest absolute Gasteiger partial charge is 0.222 e. The summed E-state index contributed by atoms with van der Waals surface area (Å²) in [5.41, 5.74) is 10.2. The zero-order valence-corrected chi connectivity index (χ0v) is 12.7. The number of aromatic nitrogens is 3. The first-order valence-corrected chi connectivity index (χ1v) is 8.01. The lowest BCUT2D eigenvalue weighted by molar-refractivity contribution is 0.229. The Kier molecular flexibility index (Phi) is 4.03. The van der Waals surface area contributed by atoms with Crippen LogP contribution in [0, 0.1) is 12.8 Å². The highest BCUT2D eigenvalue weighted by Gasteiger charge is 2.26. The molecule has 112 valence electrons. The third-order valence-corrected chi connectivity index (χ3v) is 4.52. The van der Waals surface area contributed by atoms with E-state index in [9.17, 15) is 5.11 Å². The molecule has 0 bridgehead atoms. The number of rotatable bonds is 4. The molecule has 3 rings (SSSR count). The van der Waals surface area contributed by atoms with Crippen molar-refractivity contribution < 1.29 is 5.11 Å². The summed E-state index contributed by atoms with van der Waals surface area (Å²) in [6.45, 7) is 2.17. The quantitative estimate of drug-likeness (QED) is 0.800. The first-order chi connectivity index (χ1) is 10.2. The molecular weight excluding hydrogens is 286 g/mol. The van der Waals surface area contributed by atoms with E-state index in [4.69, 9.17) is 5.73 Å². The Labute approximate surface area is 127 Å². The van der Waals surface area contributed by atoms with Crippen LogP contribution < -0.4 is 11.1 Å². The monoisotopic (exact) mass is 305 g/mol. The van der Waals surface area contributed by atoms with Crippen LogP contribution in [0.4, 0.5) is 11.8 Å². The summed E-state index contributed by atoms with van der Waals surface area (Å²) >= 11 is 1.54. The van der Waals surface area contributed by atoms with E-state index in [-0.39, 0.29) is 12.6 Å². The normalized spacial score (nSPS) is 21.6. The third-order valence-electron chi connectivity index (χ3n) is 3.94. The zero-order valence-electron chi connectivity index (χ0n) is 11.9. The first-order valence-electron chi connectivity index (χ1n) is 7.07. The van der Waals surface area contributed by atoms with Crippen LogP contribution in [0.5, 0.6) is 0 Å². The van der Waals surface area contributed by atoms with Gasteiger partial charge in [0, 0.05) is 18.0 Å². The van der Waals surface area contributed by atoms with Crippen molar-refractivity contribution in [1.82, 2.24) is 15.0 Å². The number of aliphatic hydroxyl groups is 1. The highest BCUT2D eigenvalue weighted by molar-refractivity contribution is 7.07. The van der Waals surface area contributed by atoms with Crippen LogP contribution in [0.2, 0.25) is 0 Å². The van der Waals surface area contributed by atoms with Crippen molar-refractivity contribution in [1.29, 1.82) is 0 Å². The van der Waals surface area contributed by atoms with E-state index < -0.39 is 0 Å². The SMILES string of the molecule is Cc1nc(N)nc(N[C@H]2CC[C@@H](CO)C2)c1-c1cscn1. The van der Waals surface area contributed by atoms with Gasteiger partial charge in [-0.2, -0.15) is 4.98 Å². The molecule has 0 radical (unpaired) electrons. The highest BCUT2D eigenvalue weighted by atomic mass is 32.1. The fourth-order valence-electron chi connectivity index (χ4n) is 2.91. The summed E-state index contributed by atoms with van der Waals surface area (Å²) < 4.78 is 0. The minimum Gasteiger partial charge on any atom is -0.396 e. The molecule has 0 unspecified atom stereocenters. The predicted molar refractivity (Wildman–Crippen MR) is 84.1 cm³/mol. The molecule has 0 spiro atoms. The average Bonchev–Trinajstić information content (AvgIpc) is 3.09. The minimum atomic E-state index is 0.252. The van der Waals surface area contributed by atoms with Gasteiger partial charge in [0.1, 0.15) is 5.82 Å². The average molecular weight is 305 g/mol. The van der Waals surface area contributed by atoms with E-state index in [1.807, 2.05) is 12.3 Å². The molecule has 1 saturated carbocycles. The number of thiazole rings is 1. The molecule has 7 heteroatoms. The van der Waals surface area contributed by atoms with Gasteiger partial charge in [0.25, 0.3) is 0 Å². The lowest BCUT2D eigenvalue weighted by Gasteiger charge is -2.17. The van der Waals surface area contributed by atoms with Crippen molar-refractivity contribution in [2.75, 3.05) is 17.7 Å². The zero-order chi connectivity index (χ0) is 14.8. The Bertz CT molecular complexity index is 616. The summed E-state index contributed by atoms with van der Waals surface area (Å²) in [5.74, 6) is 1.39. The second-order valence-corrected chi connectivity index (χ2v) is 6.19. The summed E-state index contributed by atoms with van der Waals surface area (Å²) in [6.07, 6.45) is 3.03. The van der Waals surface area contributed by atoms with E-state index in [0.717, 1.165) is 42.0 Å². The van der Waals surface area contributed by atoms with E-state index in [1.54, 1.807) is 16.8 Å². The van der Waals surface area contributed by atoms with Crippen LogP contribution in [0.25, 0.3) is 11.3 Å². The van der Waals surface area contributed by atoms with Gasteiger partial charge in [-0.25, -0.2) is 9.97 Å². The molecule has 0 amide bonds. The van der Waals surface area contributed by atoms with Crippen molar-refractivity contribution in [3.63, 3.8) is 0 Å². The third kappa shape index (κ3) is 2.98. The van der Waals surface area contributed by atoms with Crippen molar-refractivity contribution in [2.45, 2.75) is 32.2 Å². The number of nitrogen functional groups attached to an aromatic ring is 1. The summed E-state index contributed by atoms with van der Waals surface area (Å²) in [5, 5.41) is 14.7. The van der Waals surface area contributed by atoms with Crippen LogP contribution in [0.3, 0.4) is 0 Å². The van der Waals surface area contributed by atoms with Crippen LogP contribution in [-0.2, 0) is 0 Å². The second-order valence-electron chi connectivity index (χ2n) is 5.47. The Hall–Kier alpha value is -1.73. The van der Waals surface area contributed by atoms with Gasteiger partial charge in [0.05, 0.1) is 22.5 Å². The van der Waals surface area contributed by atoms with E-state index in [0.29, 0.717) is 12.0 Å². The summed E-state index contributed by atoms with van der Waals surface area (Å²) in [6, 6.07) is 0.313. The van der Waals surface area contributed by atoms with E-state index in [2.05, 4.69) is 20.3 Å². The minimum absolute atomic E-state index is 0.252. The van der Waals surface area contributed by atoms with Crippen molar-refractivity contribution in [3.05, 3.63) is 16.6 Å². The number of nitrogens with zero attached hydrogens (tertiary/aromatic N) is 3. The van der Waals surface area contributed by atoms with Gasteiger partial charge in [-0.15, -0.1) is 11.3 Å². The molecule has 1 aliphatic carbocycles. The standard InChI is InChI=1S/C14H19N5OS/c1-8-12(11-6-21-7-16-11)13(19-14(15)17-8)18-10-3-2-9(4-10)5-20/h6-7,9-10,20H,2-5H2,1H3,(H3,15,17,18,19)/t9-,10+/m1/s1. The second kappa shape index (κ2) is 5.95. The molecule has 21 heavy (non-hydrogen) atoms. The molecule has 1 aliphatic rings. The number of hydrogen-bond acceptors (Lipinski definition) is 7. The van der Waals surface area contributed by atoms with Crippen molar-refractivity contribution >= 4 is 23.1 Å². The summed E-state index contributed by atoms with van der Waals surface area (Å²) in [4.78, 5) is 13.0. The van der Waals surface area contributed by atoms with Gasteiger partial charge in [-0.3, -0.25) is 0 Å². The molecule has 4 N–H and O–H groups in total. The number of aryl methyl sites for hydroxylation is 1. The molecule has 2 aromatic heterocycles. The number of hydrogen-bond donors (Lipinski definition) is 3. The Morgan fingerprint density at radius 3 is 2.95 bits per heavy atom. The molecular formula is C14H19N5OS. The molecule has 2 heterocycles. The van der Waals surface area contributed by atoms with Crippen LogP contribution >= 0.6 is 11.3 Å². The maximum absolute atomic E-state index is 9.26. The van der Waals surface area contributed by atoms with Crippen LogP contribution in [-0.4, -0.2) is 32.7 Å². The number of nitrogens with two attached hydrogens (primary N) is 1. The molecule has 0 saturated heterocycles. The molecule has 0 aromatic carbocycles. The lowest BCUT2D eigenvalue weighted by atomic mass is 10.1. The highest BCUT2D eigenvalue weighted by Crippen LogP contribution is 2.33. The molecule has 6 nitrogen and oxygen atoms in total. The molecule has 1 fully saturated rings. The van der Waals surface area contributed by atoms with Crippen LogP contribution in [0.15, 0.2) is 10.9 Å². The fourth-order valence-corrected chi connectivity index (χ4v) is 3.45. The first kappa shape index (κ1) is 14.2. The predicted octanol–water partition coefficient (Wildman–Crippen LogP) is 2.06. The van der Waals surface area contributed by atoms with Crippen molar-refractivity contribution in [2.24, 2.45) is 5.92 Å². The van der Waals surface area contributed by atoms with Gasteiger partial charge in [-0.05, 0) is 32.1 Å². The van der Waals surface area contributed by atoms with Crippen LogP contribution in [0.1, 0.15) is 25.0 Å².